The summed E-state index contributed by atoms with van der Waals surface area (Å²) in [5, 5.41) is 3.28. The Bertz CT molecular complexity index is 353. The van der Waals surface area contributed by atoms with E-state index in [9.17, 15) is 0 Å². The van der Waals surface area contributed by atoms with Crippen molar-refractivity contribution in [1.29, 1.82) is 0 Å². The minimum atomic E-state index is 0.784. The Morgan fingerprint density at radius 2 is 1.95 bits per heavy atom. The normalized spacial score (nSPS) is 11.0. The van der Waals surface area contributed by atoms with Gasteiger partial charge in [-0.05, 0) is 40.5 Å². The molecule has 0 saturated carbocycles. The molecule has 0 atom stereocenters. The molecule has 0 saturated heterocycles. The molecule has 1 aromatic heterocycles. The maximum absolute atomic E-state index is 4.67. The summed E-state index contributed by atoms with van der Waals surface area (Å²) in [5.74, 6) is 0.983. The van der Waals surface area contributed by atoms with Crippen LogP contribution in [0.5, 0.6) is 0 Å². The average molecular weight is 265 g/mol. The highest BCUT2D eigenvalue weighted by atomic mass is 15.2. The Kier molecular flexibility index (Phi) is 7.36. The highest BCUT2D eigenvalue weighted by Gasteiger charge is 2.07. The molecule has 1 heterocycles. The Balaban J connectivity index is 2.58. The second-order valence-corrected chi connectivity index (χ2v) is 4.89. The van der Waals surface area contributed by atoms with Crippen LogP contribution in [0, 0.1) is 0 Å². The Morgan fingerprint density at radius 1 is 1.16 bits per heavy atom. The van der Waals surface area contributed by atoms with Crippen molar-refractivity contribution in [2.45, 2.75) is 26.8 Å². The number of hydrogen-bond donors (Lipinski definition) is 1. The first-order chi connectivity index (χ1) is 9.17. The van der Waals surface area contributed by atoms with E-state index in [0.717, 1.165) is 50.7 Å². The van der Waals surface area contributed by atoms with Crippen molar-refractivity contribution in [3.63, 3.8) is 0 Å². The summed E-state index contributed by atoms with van der Waals surface area (Å²) >= 11 is 0. The van der Waals surface area contributed by atoms with Gasteiger partial charge in [-0.1, -0.05) is 6.92 Å². The van der Waals surface area contributed by atoms with Gasteiger partial charge in [0.15, 0.2) is 0 Å². The molecule has 0 radical (unpaired) electrons. The van der Waals surface area contributed by atoms with Crippen molar-refractivity contribution in [1.82, 2.24) is 20.2 Å². The molecule has 0 aliphatic rings. The third-order valence-corrected chi connectivity index (χ3v) is 2.97. The predicted molar refractivity (Wildman–Crippen MR) is 80.5 cm³/mol. The predicted octanol–water partition coefficient (Wildman–Crippen LogP) is 1.36. The summed E-state index contributed by atoms with van der Waals surface area (Å²) in [5.41, 5.74) is 1.01. The Hall–Kier alpha value is -1.20. The quantitative estimate of drug-likeness (QED) is 0.730. The van der Waals surface area contributed by atoms with Crippen molar-refractivity contribution >= 4 is 5.82 Å². The van der Waals surface area contributed by atoms with Crippen molar-refractivity contribution in [3.05, 3.63) is 18.1 Å². The molecule has 0 spiro atoms. The molecule has 0 aliphatic carbocycles. The fourth-order valence-electron chi connectivity index (χ4n) is 1.90. The lowest BCUT2D eigenvalue weighted by Crippen LogP contribution is -2.28. The van der Waals surface area contributed by atoms with Crippen LogP contribution in [0.25, 0.3) is 0 Å². The topological polar surface area (TPSA) is 44.3 Å². The van der Waals surface area contributed by atoms with E-state index in [0.29, 0.717) is 0 Å². The van der Waals surface area contributed by atoms with Crippen LogP contribution < -0.4 is 10.2 Å². The molecule has 19 heavy (non-hydrogen) atoms. The van der Waals surface area contributed by atoms with E-state index in [1.54, 1.807) is 0 Å². The largest absolute Gasteiger partial charge is 0.356 e. The van der Waals surface area contributed by atoms with Crippen LogP contribution in [0.2, 0.25) is 0 Å². The van der Waals surface area contributed by atoms with Gasteiger partial charge in [-0.3, -0.25) is 4.98 Å². The number of aromatic nitrogens is 2. The molecule has 108 valence electrons. The Labute approximate surface area is 117 Å². The van der Waals surface area contributed by atoms with Crippen molar-refractivity contribution < 1.29 is 0 Å². The monoisotopic (exact) mass is 265 g/mol. The van der Waals surface area contributed by atoms with Crippen LogP contribution in [0.3, 0.4) is 0 Å². The van der Waals surface area contributed by atoms with E-state index in [1.165, 1.54) is 0 Å². The summed E-state index contributed by atoms with van der Waals surface area (Å²) in [7, 11) is 4.21. The van der Waals surface area contributed by atoms with Crippen molar-refractivity contribution in [2.24, 2.45) is 0 Å². The van der Waals surface area contributed by atoms with E-state index in [2.05, 4.69) is 53.0 Å². The molecule has 0 bridgehead atoms. The van der Waals surface area contributed by atoms with Gasteiger partial charge < -0.3 is 15.1 Å². The smallest absolute Gasteiger partial charge is 0.147 e. The van der Waals surface area contributed by atoms with E-state index in [1.807, 2.05) is 12.4 Å². The van der Waals surface area contributed by atoms with Gasteiger partial charge in [0.1, 0.15) is 5.82 Å². The second kappa shape index (κ2) is 8.82. The second-order valence-electron chi connectivity index (χ2n) is 4.89. The molecule has 1 N–H and O–H groups in total. The summed E-state index contributed by atoms with van der Waals surface area (Å²) in [6.45, 7) is 9.08. The van der Waals surface area contributed by atoms with E-state index in [-0.39, 0.29) is 0 Å². The molecule has 5 heteroatoms. The number of hydrogen-bond acceptors (Lipinski definition) is 5. The van der Waals surface area contributed by atoms with E-state index in [4.69, 9.17) is 0 Å². The molecule has 1 rings (SSSR count). The molecule has 0 aromatic carbocycles. The molecular weight excluding hydrogens is 238 g/mol. The van der Waals surface area contributed by atoms with Crippen LogP contribution in [-0.2, 0) is 6.54 Å². The fraction of sp³-hybridized carbons (Fsp3) is 0.714. The summed E-state index contributed by atoms with van der Waals surface area (Å²) in [6.07, 6.45) is 4.83. The zero-order valence-corrected chi connectivity index (χ0v) is 12.7. The lowest BCUT2D eigenvalue weighted by atomic mass is 10.3. The first-order valence-electron chi connectivity index (χ1n) is 7.08. The minimum Gasteiger partial charge on any atom is -0.356 e. The lowest BCUT2D eigenvalue weighted by molar-refractivity contribution is 0.400. The van der Waals surface area contributed by atoms with Crippen molar-refractivity contribution in [3.8, 4) is 0 Å². The third kappa shape index (κ3) is 5.98. The number of nitrogens with one attached hydrogen (secondary N) is 1. The number of anilines is 1. The van der Waals surface area contributed by atoms with Gasteiger partial charge >= 0.3 is 0 Å². The maximum atomic E-state index is 4.67. The molecule has 5 nitrogen and oxygen atoms in total. The van der Waals surface area contributed by atoms with Gasteiger partial charge in [-0.25, -0.2) is 4.98 Å². The SMILES string of the molecule is CCNCc1cncc(N(CC)CCCN(C)C)n1. The van der Waals surface area contributed by atoms with Crippen LogP contribution in [0.1, 0.15) is 26.0 Å². The first kappa shape index (κ1) is 15.9. The average Bonchev–Trinajstić information content (AvgIpc) is 2.41. The van der Waals surface area contributed by atoms with E-state index >= 15 is 0 Å². The highest BCUT2D eigenvalue weighted by molar-refractivity contribution is 5.35. The highest BCUT2D eigenvalue weighted by Crippen LogP contribution is 2.10. The van der Waals surface area contributed by atoms with E-state index < -0.39 is 0 Å². The zero-order valence-electron chi connectivity index (χ0n) is 12.7. The van der Waals surface area contributed by atoms with Gasteiger partial charge in [0.2, 0.25) is 0 Å². The standard InChI is InChI=1S/C14H27N5/c1-5-15-10-13-11-16-12-14(17-13)19(6-2)9-7-8-18(3)4/h11-12,15H,5-10H2,1-4H3. The van der Waals surface area contributed by atoms with Gasteiger partial charge in [-0.15, -0.1) is 0 Å². The maximum Gasteiger partial charge on any atom is 0.147 e. The minimum absolute atomic E-state index is 0.784. The zero-order chi connectivity index (χ0) is 14.1. The van der Waals surface area contributed by atoms with Gasteiger partial charge in [0, 0.05) is 25.8 Å². The van der Waals surface area contributed by atoms with Crippen LogP contribution in [0.4, 0.5) is 5.82 Å². The molecular formula is C14H27N5. The summed E-state index contributed by atoms with van der Waals surface area (Å²) in [4.78, 5) is 13.5. The molecule has 0 fully saturated rings. The Morgan fingerprint density at radius 3 is 2.58 bits per heavy atom. The molecule has 0 amide bonds. The fourth-order valence-corrected chi connectivity index (χ4v) is 1.90. The molecule has 1 aromatic rings. The van der Waals surface area contributed by atoms with Crippen LogP contribution in [-0.4, -0.2) is 55.1 Å². The lowest BCUT2D eigenvalue weighted by Gasteiger charge is -2.22. The van der Waals surface area contributed by atoms with Crippen LogP contribution >= 0.6 is 0 Å². The molecule has 0 unspecified atom stereocenters. The van der Waals surface area contributed by atoms with Crippen LogP contribution in [0.15, 0.2) is 12.4 Å². The van der Waals surface area contributed by atoms with Gasteiger partial charge in [0.25, 0.3) is 0 Å². The summed E-state index contributed by atoms with van der Waals surface area (Å²) < 4.78 is 0. The molecule has 0 aliphatic heterocycles. The van der Waals surface area contributed by atoms with Crippen molar-refractivity contribution in [2.75, 3.05) is 45.2 Å². The third-order valence-electron chi connectivity index (χ3n) is 2.97. The number of rotatable bonds is 9. The van der Waals surface area contributed by atoms with Gasteiger partial charge in [-0.2, -0.15) is 0 Å². The summed E-state index contributed by atoms with van der Waals surface area (Å²) in [6, 6.07) is 0. The number of nitrogens with zero attached hydrogens (tertiary/aromatic N) is 4. The van der Waals surface area contributed by atoms with Gasteiger partial charge in [0.05, 0.1) is 11.9 Å². The first-order valence-corrected chi connectivity index (χ1v) is 7.08.